The van der Waals surface area contributed by atoms with E-state index >= 15 is 0 Å². The minimum atomic E-state index is -0.919. The summed E-state index contributed by atoms with van der Waals surface area (Å²) in [7, 11) is 1.92. The van der Waals surface area contributed by atoms with Crippen LogP contribution in [0.1, 0.15) is 34.1 Å². The molecule has 21 heavy (non-hydrogen) atoms. The fourth-order valence-corrected chi connectivity index (χ4v) is 2.12. The summed E-state index contributed by atoms with van der Waals surface area (Å²) in [5.74, 6) is -0.232. The Hall–Kier alpha value is -2.36. The van der Waals surface area contributed by atoms with Crippen molar-refractivity contribution in [1.82, 2.24) is 4.98 Å². The number of aromatic nitrogens is 1. The topological polar surface area (TPSA) is 53.4 Å². The zero-order chi connectivity index (χ0) is 15.4. The molecule has 0 amide bonds. The van der Waals surface area contributed by atoms with Crippen molar-refractivity contribution in [1.29, 1.82) is 0 Å². The van der Waals surface area contributed by atoms with Crippen LogP contribution in [0, 0.1) is 6.92 Å². The lowest BCUT2D eigenvalue weighted by Gasteiger charge is -2.19. The number of aromatic carboxylic acids is 1. The van der Waals surface area contributed by atoms with E-state index in [1.807, 2.05) is 18.9 Å². The van der Waals surface area contributed by atoms with Crippen LogP contribution in [0.5, 0.6) is 0 Å². The van der Waals surface area contributed by atoms with Crippen LogP contribution >= 0.6 is 0 Å². The monoisotopic (exact) mass is 284 g/mol. The van der Waals surface area contributed by atoms with Gasteiger partial charge in [-0.1, -0.05) is 36.8 Å². The smallest absolute Gasteiger partial charge is 0.335 e. The molecule has 0 aliphatic heterocycles. The zero-order valence-corrected chi connectivity index (χ0v) is 12.6. The van der Waals surface area contributed by atoms with Crippen LogP contribution in [0.2, 0.25) is 0 Å². The van der Waals surface area contributed by atoms with Gasteiger partial charge in [-0.05, 0) is 31.0 Å². The number of pyridine rings is 1. The first-order valence-corrected chi connectivity index (χ1v) is 7.00. The van der Waals surface area contributed by atoms with E-state index in [1.54, 1.807) is 12.1 Å². The fraction of sp³-hybridized carbons (Fsp3) is 0.294. The number of carbonyl (C=O) groups is 1. The molecular formula is C17H20N2O2. The highest BCUT2D eigenvalue weighted by Crippen LogP contribution is 2.17. The maximum Gasteiger partial charge on any atom is 0.335 e. The van der Waals surface area contributed by atoms with Gasteiger partial charge < -0.3 is 10.0 Å². The number of anilines is 1. The standard InChI is InChI=1S/C17H20N2O2/c1-4-15-9-14(17(20)21)10-16(18-15)19(3)11-13-7-5-12(2)6-8-13/h5-10H,4,11H2,1-3H3,(H,20,21). The first kappa shape index (κ1) is 15.0. The molecule has 110 valence electrons. The highest BCUT2D eigenvalue weighted by molar-refractivity contribution is 5.88. The molecule has 1 N–H and O–H groups in total. The number of hydrogen-bond acceptors (Lipinski definition) is 3. The van der Waals surface area contributed by atoms with Crippen LogP contribution in [-0.4, -0.2) is 23.1 Å². The van der Waals surface area contributed by atoms with E-state index < -0.39 is 5.97 Å². The molecule has 1 aromatic heterocycles. The van der Waals surface area contributed by atoms with Gasteiger partial charge in [0.15, 0.2) is 0 Å². The average Bonchev–Trinajstić information content (AvgIpc) is 2.49. The van der Waals surface area contributed by atoms with E-state index in [1.165, 1.54) is 11.1 Å². The van der Waals surface area contributed by atoms with Crippen molar-refractivity contribution in [3.05, 3.63) is 58.8 Å². The number of benzene rings is 1. The van der Waals surface area contributed by atoms with Crippen LogP contribution in [-0.2, 0) is 13.0 Å². The Morgan fingerprint density at radius 1 is 1.24 bits per heavy atom. The van der Waals surface area contributed by atoms with Gasteiger partial charge in [-0.2, -0.15) is 0 Å². The van der Waals surface area contributed by atoms with E-state index in [9.17, 15) is 9.90 Å². The van der Waals surface area contributed by atoms with E-state index in [0.29, 0.717) is 18.8 Å². The minimum Gasteiger partial charge on any atom is -0.478 e. The molecule has 2 aromatic rings. The van der Waals surface area contributed by atoms with Crippen LogP contribution < -0.4 is 4.90 Å². The van der Waals surface area contributed by atoms with Gasteiger partial charge >= 0.3 is 5.97 Å². The first-order valence-electron chi connectivity index (χ1n) is 7.00. The van der Waals surface area contributed by atoms with E-state index in [0.717, 1.165) is 5.69 Å². The van der Waals surface area contributed by atoms with Crippen LogP contribution in [0.25, 0.3) is 0 Å². The third-order valence-electron chi connectivity index (χ3n) is 3.41. The minimum absolute atomic E-state index is 0.285. The normalized spacial score (nSPS) is 10.4. The second-order valence-corrected chi connectivity index (χ2v) is 5.21. The quantitative estimate of drug-likeness (QED) is 0.915. The van der Waals surface area contributed by atoms with Gasteiger partial charge in [0.1, 0.15) is 5.82 Å². The average molecular weight is 284 g/mol. The molecular weight excluding hydrogens is 264 g/mol. The Morgan fingerprint density at radius 2 is 1.90 bits per heavy atom. The summed E-state index contributed by atoms with van der Waals surface area (Å²) >= 11 is 0. The Bertz CT molecular complexity index is 636. The van der Waals surface area contributed by atoms with Crippen LogP contribution in [0.15, 0.2) is 36.4 Å². The van der Waals surface area contributed by atoms with Gasteiger partial charge in [-0.3, -0.25) is 0 Å². The molecule has 0 aliphatic carbocycles. The number of hydrogen-bond donors (Lipinski definition) is 1. The Labute approximate surface area is 125 Å². The predicted octanol–water partition coefficient (Wildman–Crippen LogP) is 3.29. The molecule has 4 nitrogen and oxygen atoms in total. The third kappa shape index (κ3) is 3.81. The predicted molar refractivity (Wildman–Crippen MR) is 83.9 cm³/mol. The molecule has 0 fully saturated rings. The molecule has 0 saturated heterocycles. The van der Waals surface area contributed by atoms with Gasteiger partial charge in [0.2, 0.25) is 0 Å². The van der Waals surface area contributed by atoms with Gasteiger partial charge in [-0.25, -0.2) is 9.78 Å². The molecule has 0 atom stereocenters. The third-order valence-corrected chi connectivity index (χ3v) is 3.41. The van der Waals surface area contributed by atoms with E-state index in [4.69, 9.17) is 0 Å². The molecule has 4 heteroatoms. The van der Waals surface area contributed by atoms with Gasteiger partial charge in [-0.15, -0.1) is 0 Å². The maximum absolute atomic E-state index is 11.2. The van der Waals surface area contributed by atoms with Crippen LogP contribution in [0.3, 0.4) is 0 Å². The van der Waals surface area contributed by atoms with E-state index in [-0.39, 0.29) is 5.56 Å². The van der Waals surface area contributed by atoms with Crippen molar-refractivity contribution in [3.63, 3.8) is 0 Å². The number of carboxylic acid groups (broad SMARTS) is 1. The van der Waals surface area contributed by atoms with E-state index in [2.05, 4.69) is 36.2 Å². The summed E-state index contributed by atoms with van der Waals surface area (Å²) in [6.45, 7) is 4.72. The number of aryl methyl sites for hydroxylation is 2. The summed E-state index contributed by atoms with van der Waals surface area (Å²) < 4.78 is 0. The summed E-state index contributed by atoms with van der Waals surface area (Å²) in [4.78, 5) is 17.7. The van der Waals surface area contributed by atoms with Crippen molar-refractivity contribution in [2.75, 3.05) is 11.9 Å². The van der Waals surface area contributed by atoms with Crippen molar-refractivity contribution in [2.24, 2.45) is 0 Å². The molecule has 0 spiro atoms. The van der Waals surface area contributed by atoms with Gasteiger partial charge in [0.25, 0.3) is 0 Å². The van der Waals surface area contributed by atoms with Gasteiger partial charge in [0, 0.05) is 19.3 Å². The lowest BCUT2D eigenvalue weighted by Crippen LogP contribution is -2.19. The second-order valence-electron chi connectivity index (χ2n) is 5.21. The number of carboxylic acids is 1. The Balaban J connectivity index is 2.25. The summed E-state index contributed by atoms with van der Waals surface area (Å²) in [5, 5.41) is 9.18. The second kappa shape index (κ2) is 6.39. The molecule has 0 saturated carbocycles. The fourth-order valence-electron chi connectivity index (χ4n) is 2.12. The first-order chi connectivity index (χ1) is 9.99. The summed E-state index contributed by atoms with van der Waals surface area (Å²) in [5.41, 5.74) is 3.47. The largest absolute Gasteiger partial charge is 0.478 e. The molecule has 0 radical (unpaired) electrons. The van der Waals surface area contributed by atoms with Crippen molar-refractivity contribution in [2.45, 2.75) is 26.8 Å². The summed E-state index contributed by atoms with van der Waals surface area (Å²) in [6, 6.07) is 11.5. The van der Waals surface area contributed by atoms with Crippen molar-refractivity contribution in [3.8, 4) is 0 Å². The molecule has 0 aliphatic rings. The Morgan fingerprint density at radius 3 is 2.48 bits per heavy atom. The molecule has 2 rings (SSSR count). The van der Waals surface area contributed by atoms with Crippen molar-refractivity contribution >= 4 is 11.8 Å². The van der Waals surface area contributed by atoms with Gasteiger partial charge in [0.05, 0.1) is 5.56 Å². The molecule has 0 unspecified atom stereocenters. The zero-order valence-electron chi connectivity index (χ0n) is 12.6. The van der Waals surface area contributed by atoms with Crippen molar-refractivity contribution < 1.29 is 9.90 Å². The van der Waals surface area contributed by atoms with Crippen LogP contribution in [0.4, 0.5) is 5.82 Å². The number of nitrogens with zero attached hydrogens (tertiary/aromatic N) is 2. The molecule has 1 aromatic carbocycles. The summed E-state index contributed by atoms with van der Waals surface area (Å²) in [6.07, 6.45) is 0.715. The highest BCUT2D eigenvalue weighted by Gasteiger charge is 2.11. The Kier molecular flexibility index (Phi) is 4.58. The highest BCUT2D eigenvalue weighted by atomic mass is 16.4. The lowest BCUT2D eigenvalue weighted by atomic mass is 10.1. The molecule has 0 bridgehead atoms. The maximum atomic E-state index is 11.2. The number of rotatable bonds is 5. The molecule has 1 heterocycles. The SMILES string of the molecule is CCc1cc(C(=O)O)cc(N(C)Cc2ccc(C)cc2)n1. The lowest BCUT2D eigenvalue weighted by molar-refractivity contribution is 0.0696.